The summed E-state index contributed by atoms with van der Waals surface area (Å²) in [6.07, 6.45) is 2.52. The summed E-state index contributed by atoms with van der Waals surface area (Å²) in [5.74, 6) is -4.50. The summed E-state index contributed by atoms with van der Waals surface area (Å²) in [5.41, 5.74) is -4.33. The van der Waals surface area contributed by atoms with Crippen molar-refractivity contribution in [3.05, 3.63) is 0 Å². The van der Waals surface area contributed by atoms with E-state index in [-0.39, 0.29) is 31.4 Å². The Kier molecular flexibility index (Phi) is 23.9. The molecule has 3 aliphatic heterocycles. The molecule has 16 nitrogen and oxygen atoms in total. The van der Waals surface area contributed by atoms with Gasteiger partial charge in [-0.15, -0.1) is 0 Å². The number of aliphatic hydroxyl groups excluding tert-OH is 2. The second kappa shape index (κ2) is 27.0. The first-order valence-electron chi connectivity index (χ1n) is 25.6. The van der Waals surface area contributed by atoms with E-state index in [1.165, 1.54) is 65.9 Å². The Morgan fingerprint density at radius 2 is 1.43 bits per heavy atom. The molecule has 0 aromatic rings. The molecule has 3 rings (SSSR count). The minimum Gasteiger partial charge on any atom is -0.459 e. The smallest absolute Gasteiger partial charge is 0.311 e. The fourth-order valence-electron chi connectivity index (χ4n) is 10.8. The van der Waals surface area contributed by atoms with Crippen molar-refractivity contribution in [1.82, 2.24) is 4.90 Å². The summed E-state index contributed by atoms with van der Waals surface area (Å²) in [5, 5.41) is 53.6. The lowest BCUT2D eigenvalue weighted by molar-refractivity contribution is -0.318. The molecular formula is C51H94N2O14. The van der Waals surface area contributed by atoms with Gasteiger partial charge in [-0.1, -0.05) is 91.1 Å². The highest BCUT2D eigenvalue weighted by Gasteiger charge is 2.54. The lowest BCUT2D eigenvalue weighted by atomic mass is 9.73. The van der Waals surface area contributed by atoms with Gasteiger partial charge in [0.25, 0.3) is 0 Å². The number of methoxy groups -OCH3 is 1. The molecule has 0 bridgehead atoms. The Morgan fingerprint density at radius 1 is 0.836 bits per heavy atom. The van der Waals surface area contributed by atoms with E-state index in [4.69, 9.17) is 38.0 Å². The molecule has 0 saturated carbocycles. The van der Waals surface area contributed by atoms with Crippen LogP contribution in [0.4, 0.5) is 0 Å². The van der Waals surface area contributed by atoms with Crippen LogP contribution in [0.5, 0.6) is 0 Å². The summed E-state index contributed by atoms with van der Waals surface area (Å²) in [4.78, 5) is 34.6. The summed E-state index contributed by atoms with van der Waals surface area (Å²) >= 11 is 0. The van der Waals surface area contributed by atoms with Gasteiger partial charge in [-0.3, -0.25) is 9.59 Å². The monoisotopic (exact) mass is 959 g/mol. The van der Waals surface area contributed by atoms with Crippen molar-refractivity contribution in [2.75, 3.05) is 27.8 Å². The van der Waals surface area contributed by atoms with Crippen LogP contribution in [-0.4, -0.2) is 155 Å². The van der Waals surface area contributed by atoms with E-state index in [0.717, 1.165) is 19.3 Å². The van der Waals surface area contributed by atoms with Crippen LogP contribution in [0.1, 0.15) is 173 Å². The van der Waals surface area contributed by atoms with E-state index in [2.05, 4.69) is 12.1 Å². The summed E-state index contributed by atoms with van der Waals surface area (Å²) in [7, 11) is 5.27. The Labute approximate surface area is 403 Å². The average Bonchev–Trinajstić information content (AvgIpc) is 3.25. The lowest BCUT2D eigenvalue weighted by Crippen LogP contribution is -2.61. The molecule has 0 amide bonds. The number of oxime groups is 1. The molecule has 0 aromatic heterocycles. The molecule has 0 aromatic carbocycles. The molecule has 0 aliphatic carbocycles. The van der Waals surface area contributed by atoms with Gasteiger partial charge in [-0.25, -0.2) is 0 Å². The molecule has 3 saturated heterocycles. The van der Waals surface area contributed by atoms with Gasteiger partial charge >= 0.3 is 11.9 Å². The Hall–Kier alpha value is -1.99. The molecular weight excluding hydrogens is 865 g/mol. The lowest BCUT2D eigenvalue weighted by Gasteiger charge is -2.49. The highest BCUT2D eigenvalue weighted by molar-refractivity contribution is 5.88. The number of rotatable bonds is 20. The first kappa shape index (κ1) is 59.3. The number of likely N-dealkylation sites (N-methyl/N-ethyl adjacent to an activating group) is 1. The fraction of sp³-hybridized carbons (Fsp3) is 0.941. The fourth-order valence-corrected chi connectivity index (χ4v) is 10.8. The number of unbranched alkanes of at least 4 members (excludes halogenated alkanes) is 9. The Morgan fingerprint density at radius 3 is 1.99 bits per heavy atom. The molecule has 3 aliphatic rings. The highest BCUT2D eigenvalue weighted by atomic mass is 16.7. The highest BCUT2D eigenvalue weighted by Crippen LogP contribution is 2.41. The zero-order valence-electron chi connectivity index (χ0n) is 44.0. The molecule has 3 heterocycles. The summed E-state index contributed by atoms with van der Waals surface area (Å²) in [6.45, 7) is 21.3. The topological polar surface area (TPSA) is 204 Å². The van der Waals surface area contributed by atoms with Crippen molar-refractivity contribution in [2.24, 2.45) is 28.8 Å². The van der Waals surface area contributed by atoms with Gasteiger partial charge in [0.15, 0.2) is 18.7 Å². The molecule has 0 spiro atoms. The molecule has 67 heavy (non-hydrogen) atoms. The van der Waals surface area contributed by atoms with Gasteiger partial charge in [-0.05, 0) is 87.7 Å². The first-order chi connectivity index (χ1) is 31.4. The van der Waals surface area contributed by atoms with Gasteiger partial charge < -0.3 is 63.3 Å². The van der Waals surface area contributed by atoms with Crippen molar-refractivity contribution in [1.29, 1.82) is 0 Å². The van der Waals surface area contributed by atoms with E-state index in [1.807, 2.05) is 32.8 Å². The maximum Gasteiger partial charge on any atom is 0.311 e. The minimum absolute atomic E-state index is 0.0165. The first-order valence-corrected chi connectivity index (χ1v) is 25.6. The quantitative estimate of drug-likeness (QED) is 0.0547. The number of hydrogen-bond acceptors (Lipinski definition) is 16. The molecule has 16 heteroatoms. The van der Waals surface area contributed by atoms with E-state index in [0.29, 0.717) is 18.7 Å². The van der Waals surface area contributed by atoms with Crippen LogP contribution in [0.2, 0.25) is 0 Å². The number of carbonyl (C=O) groups excluding carboxylic acids is 2. The number of carbonyl (C=O) groups is 2. The Bertz CT molecular complexity index is 1510. The van der Waals surface area contributed by atoms with Gasteiger partial charge in [0, 0.05) is 44.2 Å². The van der Waals surface area contributed by atoms with Gasteiger partial charge in [0.2, 0.25) is 0 Å². The number of aliphatic hydroxyl groups is 4. The van der Waals surface area contributed by atoms with Crippen LogP contribution >= 0.6 is 0 Å². The maximum atomic E-state index is 14.5. The average molecular weight is 959 g/mol. The molecule has 0 radical (unpaired) electrons. The summed E-state index contributed by atoms with van der Waals surface area (Å²) in [6, 6.07) is -0.325. The SMILES string of the molecule is CCCCCCCCCCCCO/N=C1\[C@H](C)CC(C)(O)[C@H](O[C@@H]2O[C@H](C)C[C@H](N(C)C)[C@H]2O)[C@@H](C)[C@H](O[C@H]2C[C@@](C)(OC)[C@@H](OC(C)=O)[C@H](C)O2)[C@@H](C)C(=O)O[C@@H](CC)[C@@](C)(O)[C@H](O)[C@@H]1C. The molecule has 1 unspecified atom stereocenters. The third-order valence-corrected chi connectivity index (χ3v) is 14.9. The zero-order valence-corrected chi connectivity index (χ0v) is 44.0. The Balaban J connectivity index is 2.11. The normalized spacial score (nSPS) is 41.2. The van der Waals surface area contributed by atoms with E-state index < -0.39 is 108 Å². The number of nitrogens with zero attached hydrogens (tertiary/aromatic N) is 2. The summed E-state index contributed by atoms with van der Waals surface area (Å²) < 4.78 is 44.1. The van der Waals surface area contributed by atoms with Crippen LogP contribution in [-0.2, 0) is 47.6 Å². The van der Waals surface area contributed by atoms with Crippen molar-refractivity contribution >= 4 is 17.7 Å². The van der Waals surface area contributed by atoms with Crippen LogP contribution in [0.25, 0.3) is 0 Å². The van der Waals surface area contributed by atoms with E-state index in [1.54, 1.807) is 48.5 Å². The minimum atomic E-state index is -1.94. The van der Waals surface area contributed by atoms with Gasteiger partial charge in [-0.2, -0.15) is 0 Å². The predicted molar refractivity (Wildman–Crippen MR) is 256 cm³/mol. The molecule has 392 valence electrons. The zero-order chi connectivity index (χ0) is 50.4. The van der Waals surface area contributed by atoms with Crippen molar-refractivity contribution < 1.29 is 68.0 Å². The molecule has 4 N–H and O–H groups in total. The van der Waals surface area contributed by atoms with Crippen LogP contribution in [0, 0.1) is 23.7 Å². The van der Waals surface area contributed by atoms with E-state index in [9.17, 15) is 30.0 Å². The van der Waals surface area contributed by atoms with Crippen molar-refractivity contribution in [2.45, 2.75) is 257 Å². The van der Waals surface area contributed by atoms with Crippen LogP contribution < -0.4 is 0 Å². The van der Waals surface area contributed by atoms with Crippen LogP contribution in [0.15, 0.2) is 5.16 Å². The van der Waals surface area contributed by atoms with Crippen LogP contribution in [0.3, 0.4) is 0 Å². The largest absolute Gasteiger partial charge is 0.459 e. The molecule has 3 fully saturated rings. The van der Waals surface area contributed by atoms with Crippen molar-refractivity contribution in [3.8, 4) is 0 Å². The van der Waals surface area contributed by atoms with Gasteiger partial charge in [0.05, 0.1) is 47.8 Å². The molecule has 18 atom stereocenters. The van der Waals surface area contributed by atoms with Crippen molar-refractivity contribution in [3.63, 3.8) is 0 Å². The predicted octanol–water partition coefficient (Wildman–Crippen LogP) is 7.08. The third kappa shape index (κ3) is 16.3. The maximum absolute atomic E-state index is 14.5. The standard InChI is InChI=1S/C51H94N2O14/c1-16-18-19-20-21-22-23-24-25-26-27-61-52-41-31(3)29-49(10,58)45(67-48-42(55)38(53(13)14)28-32(4)62-48)34(6)43(35(7)47(57)65-39(17-2)51(12,59)44(56)33(41)5)66-40-30-50(11,60-15)46(36(8)63-40)64-37(9)54/h31-36,38-40,42-46,48,55-56,58-59H,16-30H2,1-15H3/b52-41+/t31-,32-,33-,34+,35-,36+,38+,39+,40+,42-,43+,44-,45-,46+,48+,49?,50-,51-/m1/s1. The number of hydrogen-bond donors (Lipinski definition) is 4. The number of ether oxygens (including phenoxy) is 7. The third-order valence-electron chi connectivity index (χ3n) is 14.9. The number of cyclic esters (lactones) is 1. The van der Waals surface area contributed by atoms with Gasteiger partial charge in [0.1, 0.15) is 30.0 Å². The number of esters is 2. The second-order valence-corrected chi connectivity index (χ2v) is 21.2. The van der Waals surface area contributed by atoms with E-state index >= 15 is 0 Å². The second-order valence-electron chi connectivity index (χ2n) is 21.2.